The van der Waals surface area contributed by atoms with Crippen LogP contribution in [0.1, 0.15) is 26.2 Å². The number of aliphatic carboxylic acids is 1. The van der Waals surface area contributed by atoms with Gasteiger partial charge in [-0.05, 0) is 12.8 Å². The van der Waals surface area contributed by atoms with Gasteiger partial charge in [0, 0.05) is 13.1 Å². The molecule has 1 unspecified atom stereocenters. The van der Waals surface area contributed by atoms with E-state index in [1.54, 1.807) is 4.72 Å². The third-order valence-corrected chi connectivity index (χ3v) is 4.65. The molecule has 1 atom stereocenters. The molecule has 110 valence electrons. The molecule has 8 nitrogen and oxygen atoms in total. The number of carbonyl (C=O) groups excluding carboxylic acids is 1. The molecule has 19 heavy (non-hydrogen) atoms. The van der Waals surface area contributed by atoms with Gasteiger partial charge in [0.25, 0.3) is 0 Å². The number of hydrogen-bond acceptors (Lipinski definition) is 5. The first-order chi connectivity index (χ1) is 8.77. The molecule has 0 bridgehead atoms. The van der Waals surface area contributed by atoms with Gasteiger partial charge in [0.05, 0.1) is 12.5 Å². The van der Waals surface area contributed by atoms with Crippen molar-refractivity contribution >= 4 is 22.3 Å². The monoisotopic (exact) mass is 294 g/mol. The number of methoxy groups -OCH3 is 1. The summed E-state index contributed by atoms with van der Waals surface area (Å²) in [6.07, 6.45) is 0.179. The Hall–Kier alpha value is -1.35. The molecule has 2 N–H and O–H groups in total. The van der Waals surface area contributed by atoms with Gasteiger partial charge >= 0.3 is 22.3 Å². The van der Waals surface area contributed by atoms with Gasteiger partial charge in [0.15, 0.2) is 0 Å². The van der Waals surface area contributed by atoms with Gasteiger partial charge in [0.2, 0.25) is 0 Å². The lowest BCUT2D eigenvalue weighted by molar-refractivity contribution is -0.148. The number of carboxylic acid groups (broad SMARTS) is 1. The minimum absolute atomic E-state index is 0.0681. The second-order valence-electron chi connectivity index (χ2n) is 4.52. The highest BCUT2D eigenvalue weighted by Gasteiger charge is 2.47. The molecule has 9 heteroatoms. The largest absolute Gasteiger partial charge is 0.481 e. The molecule has 0 aromatic rings. The number of carbonyl (C=O) groups is 2. The average Bonchev–Trinajstić information content (AvgIpc) is 2.75. The van der Waals surface area contributed by atoms with Crippen LogP contribution < -0.4 is 4.72 Å². The highest BCUT2D eigenvalue weighted by atomic mass is 32.2. The predicted octanol–water partition coefficient (Wildman–Crippen LogP) is 0.164. The van der Waals surface area contributed by atoms with Crippen LogP contribution in [0, 0.1) is 5.41 Å². The molecule has 0 spiro atoms. The van der Waals surface area contributed by atoms with Crippen molar-refractivity contribution in [3.63, 3.8) is 0 Å². The van der Waals surface area contributed by atoms with Crippen LogP contribution in [0.15, 0.2) is 0 Å². The van der Waals surface area contributed by atoms with E-state index in [9.17, 15) is 23.1 Å². The van der Waals surface area contributed by atoms with Gasteiger partial charge in [-0.25, -0.2) is 9.52 Å². The summed E-state index contributed by atoms with van der Waals surface area (Å²) in [5.41, 5.74) is -1.07. The topological polar surface area (TPSA) is 113 Å². The molecule has 1 rings (SSSR count). The zero-order valence-electron chi connectivity index (χ0n) is 10.9. The summed E-state index contributed by atoms with van der Waals surface area (Å²) in [6, 6.07) is 0. The molecule has 0 aromatic carbocycles. The van der Waals surface area contributed by atoms with Crippen molar-refractivity contribution in [2.24, 2.45) is 5.41 Å². The summed E-state index contributed by atoms with van der Waals surface area (Å²) in [5, 5.41) is 9.27. The van der Waals surface area contributed by atoms with E-state index in [2.05, 4.69) is 4.74 Å². The van der Waals surface area contributed by atoms with Crippen molar-refractivity contribution in [3.8, 4) is 0 Å². The molecule has 0 aliphatic carbocycles. The van der Waals surface area contributed by atoms with Crippen molar-refractivity contribution < 1.29 is 27.9 Å². The molecule has 0 saturated carbocycles. The molecule has 1 heterocycles. The lowest BCUT2D eigenvalue weighted by Gasteiger charge is -2.23. The van der Waals surface area contributed by atoms with E-state index in [1.807, 2.05) is 6.92 Å². The van der Waals surface area contributed by atoms with Crippen LogP contribution in [0.4, 0.5) is 4.79 Å². The smallest absolute Gasteiger partial charge is 0.421 e. The van der Waals surface area contributed by atoms with Crippen LogP contribution in [0.25, 0.3) is 0 Å². The van der Waals surface area contributed by atoms with Crippen LogP contribution in [0.2, 0.25) is 0 Å². The maximum absolute atomic E-state index is 11.8. The Labute approximate surface area is 111 Å². The fourth-order valence-corrected chi connectivity index (χ4v) is 3.39. The predicted molar refractivity (Wildman–Crippen MR) is 65.6 cm³/mol. The van der Waals surface area contributed by atoms with E-state index in [4.69, 9.17) is 0 Å². The highest BCUT2D eigenvalue weighted by Crippen LogP contribution is 2.36. The van der Waals surface area contributed by atoms with Crippen LogP contribution in [0.3, 0.4) is 0 Å². The Bertz CT molecular complexity index is 463. The highest BCUT2D eigenvalue weighted by molar-refractivity contribution is 7.87. The minimum Gasteiger partial charge on any atom is -0.481 e. The van der Waals surface area contributed by atoms with E-state index in [-0.39, 0.29) is 19.5 Å². The first kappa shape index (κ1) is 15.7. The summed E-state index contributed by atoms with van der Waals surface area (Å²) in [5.74, 6) is -1.01. The van der Waals surface area contributed by atoms with Crippen molar-refractivity contribution in [1.82, 2.24) is 9.03 Å². The Balaban J connectivity index is 2.84. The van der Waals surface area contributed by atoms with E-state index in [1.165, 1.54) is 0 Å². The molecule has 1 aliphatic rings. The first-order valence-corrected chi connectivity index (χ1v) is 7.30. The lowest BCUT2D eigenvalue weighted by Crippen LogP contribution is -2.44. The van der Waals surface area contributed by atoms with E-state index >= 15 is 0 Å². The number of hydrogen-bond donors (Lipinski definition) is 2. The maximum Gasteiger partial charge on any atom is 0.421 e. The van der Waals surface area contributed by atoms with Gasteiger partial charge in [0.1, 0.15) is 0 Å². The third-order valence-electron chi connectivity index (χ3n) is 3.24. The minimum atomic E-state index is -4.05. The molecule has 1 fully saturated rings. The lowest BCUT2D eigenvalue weighted by atomic mass is 9.83. The number of carboxylic acids is 1. The number of ether oxygens (including phenoxy) is 1. The quantitative estimate of drug-likeness (QED) is 0.747. The molecule has 1 aliphatic heterocycles. The standard InChI is InChI=1S/C10H18N2O6S/c1-3-4-10(8(13)14)5-6-12(7-10)19(16,17)11-9(15)18-2/h3-7H2,1-2H3,(H,11,15)(H,13,14). The zero-order valence-corrected chi connectivity index (χ0v) is 11.7. The number of nitrogens with zero attached hydrogens (tertiary/aromatic N) is 1. The van der Waals surface area contributed by atoms with Crippen LogP contribution in [-0.4, -0.2) is 50.1 Å². The zero-order chi connectivity index (χ0) is 14.7. The van der Waals surface area contributed by atoms with Crippen LogP contribution in [0.5, 0.6) is 0 Å². The van der Waals surface area contributed by atoms with Crippen molar-refractivity contribution in [1.29, 1.82) is 0 Å². The van der Waals surface area contributed by atoms with Crippen LogP contribution in [-0.2, 0) is 19.7 Å². The summed E-state index contributed by atoms with van der Waals surface area (Å²) < 4.78 is 30.6. The summed E-state index contributed by atoms with van der Waals surface area (Å²) in [6.45, 7) is 1.77. The van der Waals surface area contributed by atoms with Crippen molar-refractivity contribution in [2.45, 2.75) is 26.2 Å². The third kappa shape index (κ3) is 3.35. The summed E-state index contributed by atoms with van der Waals surface area (Å²) >= 11 is 0. The normalized spacial score (nSPS) is 24.1. The summed E-state index contributed by atoms with van der Waals surface area (Å²) in [4.78, 5) is 22.3. The maximum atomic E-state index is 11.8. The number of amides is 1. The second kappa shape index (κ2) is 5.74. The SMILES string of the molecule is CCCC1(C(=O)O)CCN(S(=O)(=O)NC(=O)OC)C1. The molecular formula is C10H18N2O6S. The first-order valence-electron chi connectivity index (χ1n) is 5.86. The second-order valence-corrected chi connectivity index (χ2v) is 6.19. The Kier molecular flexibility index (Phi) is 4.75. The Morgan fingerprint density at radius 2 is 2.11 bits per heavy atom. The van der Waals surface area contributed by atoms with E-state index in [0.717, 1.165) is 11.4 Å². The molecule has 1 saturated heterocycles. The number of nitrogens with one attached hydrogen (secondary N) is 1. The average molecular weight is 294 g/mol. The van der Waals surface area contributed by atoms with Gasteiger partial charge in [-0.1, -0.05) is 13.3 Å². The van der Waals surface area contributed by atoms with Gasteiger partial charge in [-0.2, -0.15) is 12.7 Å². The van der Waals surface area contributed by atoms with Gasteiger partial charge in [-0.15, -0.1) is 0 Å². The fourth-order valence-electron chi connectivity index (χ4n) is 2.22. The van der Waals surface area contributed by atoms with Gasteiger partial charge < -0.3 is 9.84 Å². The Morgan fingerprint density at radius 3 is 2.58 bits per heavy atom. The van der Waals surface area contributed by atoms with Crippen molar-refractivity contribution in [3.05, 3.63) is 0 Å². The molecular weight excluding hydrogens is 276 g/mol. The fraction of sp³-hybridized carbons (Fsp3) is 0.800. The van der Waals surface area contributed by atoms with E-state index < -0.39 is 27.7 Å². The van der Waals surface area contributed by atoms with Gasteiger partial charge in [-0.3, -0.25) is 4.79 Å². The van der Waals surface area contributed by atoms with E-state index in [0.29, 0.717) is 12.8 Å². The Morgan fingerprint density at radius 1 is 1.47 bits per heavy atom. The molecule has 0 aromatic heterocycles. The molecule has 1 amide bonds. The molecule has 0 radical (unpaired) electrons. The van der Waals surface area contributed by atoms with Crippen molar-refractivity contribution in [2.75, 3.05) is 20.2 Å². The van der Waals surface area contributed by atoms with Crippen LogP contribution >= 0.6 is 0 Å². The summed E-state index contributed by atoms with van der Waals surface area (Å²) in [7, 11) is -3.00. The number of rotatable bonds is 5.